The Balaban J connectivity index is 2.38. The van der Waals surface area contributed by atoms with Crippen molar-refractivity contribution in [3.63, 3.8) is 0 Å². The van der Waals surface area contributed by atoms with Gasteiger partial charge in [-0.2, -0.15) is 10.2 Å². The van der Waals surface area contributed by atoms with Gasteiger partial charge in [0, 0.05) is 26.7 Å². The molecule has 0 radical (unpaired) electrons. The van der Waals surface area contributed by atoms with Gasteiger partial charge in [-0.05, 0) is 18.4 Å². The minimum absolute atomic E-state index is 0.454. The van der Waals surface area contributed by atoms with Crippen molar-refractivity contribution in [3.8, 4) is 6.07 Å². The summed E-state index contributed by atoms with van der Waals surface area (Å²) >= 11 is 1.59. The number of anilines is 2. The lowest BCUT2D eigenvalue weighted by atomic mass is 10.3. The third-order valence-electron chi connectivity index (χ3n) is 3.00. The molecule has 0 aliphatic heterocycles. The Morgan fingerprint density at radius 3 is 3.00 bits per heavy atom. The van der Waals surface area contributed by atoms with Crippen LogP contribution >= 0.6 is 11.3 Å². The number of nitriles is 1. The highest BCUT2D eigenvalue weighted by Crippen LogP contribution is 2.29. The number of ether oxygens (including phenoxy) is 1. The van der Waals surface area contributed by atoms with Crippen molar-refractivity contribution >= 4 is 33.3 Å². The molecule has 0 atom stereocenters. The van der Waals surface area contributed by atoms with Gasteiger partial charge in [-0.15, -0.1) is 11.3 Å². The van der Waals surface area contributed by atoms with E-state index in [0.29, 0.717) is 32.1 Å². The molecule has 0 spiro atoms. The molecule has 1 N–H and O–H groups in total. The second-order valence-electron chi connectivity index (χ2n) is 4.43. The van der Waals surface area contributed by atoms with E-state index in [1.54, 1.807) is 18.4 Å². The van der Waals surface area contributed by atoms with Crippen molar-refractivity contribution < 1.29 is 4.74 Å². The molecule has 2 aromatic rings. The lowest BCUT2D eigenvalue weighted by Crippen LogP contribution is -2.29. The third kappa shape index (κ3) is 3.80. The fourth-order valence-electron chi connectivity index (χ4n) is 2.03. The summed E-state index contributed by atoms with van der Waals surface area (Å²) < 4.78 is 5.16. The smallest absolute Gasteiger partial charge is 0.226 e. The van der Waals surface area contributed by atoms with Crippen molar-refractivity contribution in [2.75, 3.05) is 43.6 Å². The van der Waals surface area contributed by atoms with Gasteiger partial charge in [0.2, 0.25) is 5.95 Å². The van der Waals surface area contributed by atoms with Crippen molar-refractivity contribution in [2.45, 2.75) is 13.3 Å². The number of rotatable bonds is 8. The molecule has 0 aromatic carbocycles. The third-order valence-corrected chi connectivity index (χ3v) is 3.80. The van der Waals surface area contributed by atoms with Crippen LogP contribution in [-0.2, 0) is 4.74 Å². The highest BCUT2D eigenvalue weighted by atomic mass is 32.1. The molecule has 2 rings (SSSR count). The Hall–Kier alpha value is -1.91. The predicted octanol–water partition coefficient (Wildman–Crippen LogP) is 2.49. The van der Waals surface area contributed by atoms with Gasteiger partial charge in [-0.1, -0.05) is 0 Å². The molecule has 2 aromatic heterocycles. The molecule has 112 valence electrons. The quantitative estimate of drug-likeness (QED) is 0.807. The van der Waals surface area contributed by atoms with Crippen LogP contribution in [0.1, 0.15) is 13.3 Å². The first-order valence-electron chi connectivity index (χ1n) is 6.90. The average molecular weight is 305 g/mol. The summed E-state index contributed by atoms with van der Waals surface area (Å²) in [7, 11) is 1.67. The molecule has 6 nitrogen and oxygen atoms in total. The summed E-state index contributed by atoms with van der Waals surface area (Å²) in [4.78, 5) is 12.2. The van der Waals surface area contributed by atoms with Crippen LogP contribution in [-0.4, -0.2) is 43.3 Å². The van der Waals surface area contributed by atoms with Crippen LogP contribution < -0.4 is 10.2 Å². The Morgan fingerprint density at radius 2 is 2.29 bits per heavy atom. The minimum Gasteiger partial charge on any atom is -0.383 e. The fraction of sp³-hybridized carbons (Fsp3) is 0.500. The summed E-state index contributed by atoms with van der Waals surface area (Å²) in [6.07, 6.45) is 0.454. The predicted molar refractivity (Wildman–Crippen MR) is 85.9 cm³/mol. The lowest BCUT2D eigenvalue weighted by molar-refractivity contribution is 0.205. The molecule has 0 saturated heterocycles. The summed E-state index contributed by atoms with van der Waals surface area (Å²) in [5.41, 5.74) is 0. The van der Waals surface area contributed by atoms with E-state index in [9.17, 15) is 0 Å². The van der Waals surface area contributed by atoms with Crippen LogP contribution in [0, 0.1) is 11.3 Å². The first-order valence-corrected chi connectivity index (χ1v) is 7.78. The van der Waals surface area contributed by atoms with Crippen molar-refractivity contribution in [1.29, 1.82) is 5.26 Å². The average Bonchev–Trinajstić information content (AvgIpc) is 2.95. The van der Waals surface area contributed by atoms with E-state index in [2.05, 4.69) is 26.3 Å². The van der Waals surface area contributed by atoms with Gasteiger partial charge in [-0.25, -0.2) is 4.98 Å². The molecule has 0 saturated carbocycles. The number of thiophene rings is 1. The van der Waals surface area contributed by atoms with Crippen LogP contribution in [0.4, 0.5) is 11.8 Å². The molecule has 2 heterocycles. The molecular formula is C14H19N5OS. The number of aromatic nitrogens is 2. The van der Waals surface area contributed by atoms with Gasteiger partial charge in [0.15, 0.2) is 0 Å². The Labute approximate surface area is 128 Å². The monoisotopic (exact) mass is 305 g/mol. The van der Waals surface area contributed by atoms with Crippen molar-refractivity contribution in [1.82, 2.24) is 9.97 Å². The Morgan fingerprint density at radius 1 is 1.43 bits per heavy atom. The number of methoxy groups -OCH3 is 1. The Bertz CT molecular complexity index is 621. The SMILES string of the molecule is CCNc1nc(N(CCC#N)CCOC)c2ccsc2n1. The molecule has 7 heteroatoms. The summed E-state index contributed by atoms with van der Waals surface area (Å²) in [6.45, 7) is 4.71. The number of nitrogens with zero attached hydrogens (tertiary/aromatic N) is 4. The second-order valence-corrected chi connectivity index (χ2v) is 5.32. The first-order chi connectivity index (χ1) is 10.3. The van der Waals surface area contributed by atoms with Crippen molar-refractivity contribution in [3.05, 3.63) is 11.4 Å². The van der Waals surface area contributed by atoms with Crippen LogP contribution in [0.2, 0.25) is 0 Å². The fourth-order valence-corrected chi connectivity index (χ4v) is 2.79. The molecular weight excluding hydrogens is 286 g/mol. The van der Waals surface area contributed by atoms with E-state index in [4.69, 9.17) is 10.00 Å². The van der Waals surface area contributed by atoms with Crippen LogP contribution in [0.25, 0.3) is 10.2 Å². The highest BCUT2D eigenvalue weighted by Gasteiger charge is 2.15. The number of hydrogen-bond donors (Lipinski definition) is 1. The van der Waals surface area contributed by atoms with E-state index in [-0.39, 0.29) is 0 Å². The van der Waals surface area contributed by atoms with Gasteiger partial charge in [0.05, 0.1) is 24.5 Å². The Kier molecular flexibility index (Phi) is 5.72. The topological polar surface area (TPSA) is 74.1 Å². The molecule has 0 unspecified atom stereocenters. The zero-order chi connectivity index (χ0) is 15.1. The number of fused-ring (bicyclic) bond motifs is 1. The highest BCUT2D eigenvalue weighted by molar-refractivity contribution is 7.16. The van der Waals surface area contributed by atoms with Crippen LogP contribution in [0.15, 0.2) is 11.4 Å². The minimum atomic E-state index is 0.454. The van der Waals surface area contributed by atoms with E-state index >= 15 is 0 Å². The van der Waals surface area contributed by atoms with E-state index in [1.807, 2.05) is 18.4 Å². The van der Waals surface area contributed by atoms with E-state index < -0.39 is 0 Å². The maximum absolute atomic E-state index is 8.85. The van der Waals surface area contributed by atoms with Crippen molar-refractivity contribution in [2.24, 2.45) is 0 Å². The summed E-state index contributed by atoms with van der Waals surface area (Å²) in [5, 5.41) is 15.0. The standard InChI is InChI=1S/C14H19N5OS/c1-3-16-14-17-12(11-5-10-21-13(11)18-14)19(7-4-6-15)8-9-20-2/h5,10H,3-4,7-9H2,1-2H3,(H,16,17,18). The molecule has 0 bridgehead atoms. The largest absolute Gasteiger partial charge is 0.383 e. The number of nitrogens with one attached hydrogen (secondary N) is 1. The first kappa shape index (κ1) is 15.5. The van der Waals surface area contributed by atoms with Gasteiger partial charge in [-0.3, -0.25) is 0 Å². The number of hydrogen-bond acceptors (Lipinski definition) is 7. The van der Waals surface area contributed by atoms with Gasteiger partial charge < -0.3 is 15.0 Å². The molecule has 21 heavy (non-hydrogen) atoms. The zero-order valence-corrected chi connectivity index (χ0v) is 13.1. The molecule has 0 aliphatic rings. The summed E-state index contributed by atoms with van der Waals surface area (Å²) in [5.74, 6) is 1.49. The lowest BCUT2D eigenvalue weighted by Gasteiger charge is -2.23. The second kappa shape index (κ2) is 7.76. The van der Waals surface area contributed by atoms with Gasteiger partial charge in [0.1, 0.15) is 10.6 Å². The maximum atomic E-state index is 8.85. The van der Waals surface area contributed by atoms with E-state index in [0.717, 1.165) is 22.6 Å². The molecule has 0 fully saturated rings. The normalized spacial score (nSPS) is 10.5. The maximum Gasteiger partial charge on any atom is 0.226 e. The van der Waals surface area contributed by atoms with Crippen LogP contribution in [0.3, 0.4) is 0 Å². The summed E-state index contributed by atoms with van der Waals surface area (Å²) in [6, 6.07) is 4.21. The molecule has 0 aliphatic carbocycles. The molecule has 0 amide bonds. The zero-order valence-electron chi connectivity index (χ0n) is 12.3. The van der Waals surface area contributed by atoms with Crippen LogP contribution in [0.5, 0.6) is 0 Å². The van der Waals surface area contributed by atoms with Gasteiger partial charge in [0.25, 0.3) is 0 Å². The van der Waals surface area contributed by atoms with Gasteiger partial charge >= 0.3 is 0 Å². The van der Waals surface area contributed by atoms with E-state index in [1.165, 1.54) is 0 Å².